The molecule has 1 heterocycles. The van der Waals surface area contributed by atoms with Crippen molar-refractivity contribution in [2.75, 3.05) is 18.8 Å². The van der Waals surface area contributed by atoms with Crippen LogP contribution in [0, 0.1) is 0 Å². The first-order valence-electron chi connectivity index (χ1n) is 4.76. The Bertz CT molecular complexity index is 347. The van der Waals surface area contributed by atoms with Gasteiger partial charge in [0.15, 0.2) is 0 Å². The lowest BCUT2D eigenvalue weighted by Crippen LogP contribution is -2.53. The molecular formula is C8H14N2O4S. The maximum Gasteiger partial charge on any atom is 0.241 e. The zero-order valence-electron chi connectivity index (χ0n) is 8.52. The smallest absolute Gasteiger partial charge is 0.241 e. The fraction of sp³-hybridized carbons (Fsp3) is 0.750. The monoisotopic (exact) mass is 234 g/mol. The zero-order valence-corrected chi connectivity index (χ0v) is 9.34. The van der Waals surface area contributed by atoms with Crippen molar-refractivity contribution >= 4 is 21.8 Å². The van der Waals surface area contributed by atoms with Crippen molar-refractivity contribution < 1.29 is 18.0 Å². The van der Waals surface area contributed by atoms with E-state index in [-0.39, 0.29) is 18.8 Å². The summed E-state index contributed by atoms with van der Waals surface area (Å²) in [5.74, 6) is -1.14. The molecule has 2 amide bonds. The second-order valence-corrected chi connectivity index (χ2v) is 5.50. The minimum atomic E-state index is -3.46. The number of piperazine rings is 1. The Labute approximate surface area is 88.7 Å². The normalized spacial score (nSPS) is 19.0. The van der Waals surface area contributed by atoms with Crippen LogP contribution in [0.4, 0.5) is 0 Å². The van der Waals surface area contributed by atoms with Crippen LogP contribution in [0.1, 0.15) is 19.8 Å². The Morgan fingerprint density at radius 1 is 1.27 bits per heavy atom. The lowest BCUT2D eigenvalue weighted by molar-refractivity contribution is -0.134. The lowest BCUT2D eigenvalue weighted by atomic mass is 10.4. The molecule has 0 aliphatic carbocycles. The number of rotatable bonds is 4. The van der Waals surface area contributed by atoms with Crippen molar-refractivity contribution in [2.24, 2.45) is 0 Å². The van der Waals surface area contributed by atoms with Crippen molar-refractivity contribution in [3.8, 4) is 0 Å². The first kappa shape index (κ1) is 12.1. The van der Waals surface area contributed by atoms with Crippen LogP contribution in [0.3, 0.4) is 0 Å². The highest BCUT2D eigenvalue weighted by Gasteiger charge is 2.30. The van der Waals surface area contributed by atoms with Crippen LogP contribution in [0.5, 0.6) is 0 Å². The second-order valence-electron chi connectivity index (χ2n) is 3.41. The number of amides is 2. The van der Waals surface area contributed by atoms with Gasteiger partial charge < -0.3 is 0 Å². The van der Waals surface area contributed by atoms with Crippen LogP contribution < -0.4 is 5.32 Å². The van der Waals surface area contributed by atoms with E-state index in [0.29, 0.717) is 6.42 Å². The van der Waals surface area contributed by atoms with Crippen molar-refractivity contribution in [3.63, 3.8) is 0 Å². The van der Waals surface area contributed by atoms with Gasteiger partial charge in [-0.25, -0.2) is 8.42 Å². The van der Waals surface area contributed by atoms with Gasteiger partial charge in [-0.3, -0.25) is 14.9 Å². The van der Waals surface area contributed by atoms with E-state index in [2.05, 4.69) is 5.32 Å². The fourth-order valence-corrected chi connectivity index (χ4v) is 2.80. The van der Waals surface area contributed by atoms with E-state index in [1.54, 1.807) is 0 Å². The summed E-state index contributed by atoms with van der Waals surface area (Å²) in [6, 6.07) is 0. The maximum absolute atomic E-state index is 11.6. The SMILES string of the molecule is CCCCS(=O)(=O)N1CC(=O)NC(=O)C1. The van der Waals surface area contributed by atoms with Crippen LogP contribution in [0.2, 0.25) is 0 Å². The standard InChI is InChI=1S/C8H14N2O4S/c1-2-3-4-15(13,14)10-5-7(11)9-8(12)6-10/h2-6H2,1H3,(H,9,11,12). The van der Waals surface area contributed by atoms with Crippen molar-refractivity contribution in [1.29, 1.82) is 0 Å². The highest BCUT2D eigenvalue weighted by atomic mass is 32.2. The number of imide groups is 1. The lowest BCUT2D eigenvalue weighted by Gasteiger charge is -2.24. The second kappa shape index (κ2) is 4.71. The number of carbonyl (C=O) groups excluding carboxylic acids is 2. The van der Waals surface area contributed by atoms with E-state index in [0.717, 1.165) is 10.7 Å². The third-order valence-corrected chi connectivity index (χ3v) is 3.92. The Morgan fingerprint density at radius 3 is 2.27 bits per heavy atom. The Kier molecular flexibility index (Phi) is 3.81. The van der Waals surface area contributed by atoms with E-state index in [4.69, 9.17) is 0 Å². The summed E-state index contributed by atoms with van der Waals surface area (Å²) in [4.78, 5) is 21.9. The number of hydrogen-bond acceptors (Lipinski definition) is 4. The van der Waals surface area contributed by atoms with Crippen molar-refractivity contribution in [1.82, 2.24) is 9.62 Å². The fourth-order valence-electron chi connectivity index (χ4n) is 1.26. The summed E-state index contributed by atoms with van der Waals surface area (Å²) in [5, 5.41) is 2.05. The number of sulfonamides is 1. The quantitative estimate of drug-likeness (QED) is 0.637. The van der Waals surface area contributed by atoms with E-state index >= 15 is 0 Å². The van der Waals surface area contributed by atoms with Gasteiger partial charge in [0.1, 0.15) is 0 Å². The van der Waals surface area contributed by atoms with Crippen LogP contribution in [-0.2, 0) is 19.6 Å². The molecule has 0 spiro atoms. The number of hydrogen-bond donors (Lipinski definition) is 1. The van der Waals surface area contributed by atoms with Gasteiger partial charge in [0, 0.05) is 0 Å². The predicted octanol–water partition coefficient (Wildman–Crippen LogP) is -0.925. The Morgan fingerprint density at radius 2 is 1.80 bits per heavy atom. The molecule has 7 heteroatoms. The molecule has 86 valence electrons. The average molecular weight is 234 g/mol. The topological polar surface area (TPSA) is 83.6 Å². The van der Waals surface area contributed by atoms with Crippen LogP contribution in [-0.4, -0.2) is 43.4 Å². The largest absolute Gasteiger partial charge is 0.294 e. The molecule has 1 fully saturated rings. The van der Waals surface area contributed by atoms with Gasteiger partial charge in [-0.2, -0.15) is 4.31 Å². The molecule has 0 unspecified atom stereocenters. The molecule has 0 aromatic heterocycles. The van der Waals surface area contributed by atoms with Crippen LogP contribution in [0.15, 0.2) is 0 Å². The molecule has 1 saturated heterocycles. The summed E-state index contributed by atoms with van der Waals surface area (Å²) in [5.41, 5.74) is 0. The van der Waals surface area contributed by atoms with E-state index in [1.807, 2.05) is 6.92 Å². The molecule has 0 aromatic rings. The summed E-state index contributed by atoms with van der Waals surface area (Å²) in [7, 11) is -3.46. The highest BCUT2D eigenvalue weighted by molar-refractivity contribution is 7.89. The molecule has 1 rings (SSSR count). The predicted molar refractivity (Wildman–Crippen MR) is 53.4 cm³/mol. The van der Waals surface area contributed by atoms with Crippen molar-refractivity contribution in [3.05, 3.63) is 0 Å². The molecule has 0 saturated carbocycles. The molecule has 0 bridgehead atoms. The van der Waals surface area contributed by atoms with Crippen LogP contribution in [0.25, 0.3) is 0 Å². The summed E-state index contributed by atoms with van der Waals surface area (Å²) >= 11 is 0. The summed E-state index contributed by atoms with van der Waals surface area (Å²) in [6.45, 7) is 1.37. The minimum absolute atomic E-state index is 0.00986. The summed E-state index contributed by atoms with van der Waals surface area (Å²) in [6.07, 6.45) is 1.29. The van der Waals surface area contributed by atoms with Crippen LogP contribution >= 0.6 is 0 Å². The van der Waals surface area contributed by atoms with Gasteiger partial charge in [-0.15, -0.1) is 0 Å². The first-order chi connectivity index (χ1) is 6.95. The molecule has 1 N–H and O–H groups in total. The van der Waals surface area contributed by atoms with Gasteiger partial charge >= 0.3 is 0 Å². The molecule has 15 heavy (non-hydrogen) atoms. The molecule has 1 aliphatic heterocycles. The third kappa shape index (κ3) is 3.28. The first-order valence-corrected chi connectivity index (χ1v) is 6.37. The highest BCUT2D eigenvalue weighted by Crippen LogP contribution is 2.06. The van der Waals surface area contributed by atoms with Gasteiger partial charge in [0.05, 0.1) is 18.8 Å². The number of nitrogens with zero attached hydrogens (tertiary/aromatic N) is 1. The Hall–Kier alpha value is -0.950. The zero-order chi connectivity index (χ0) is 11.5. The minimum Gasteiger partial charge on any atom is -0.294 e. The molecule has 6 nitrogen and oxygen atoms in total. The number of unbranched alkanes of at least 4 members (excludes halogenated alkanes) is 1. The summed E-state index contributed by atoms with van der Waals surface area (Å²) < 4.78 is 24.2. The van der Waals surface area contributed by atoms with E-state index in [1.165, 1.54) is 0 Å². The third-order valence-electron chi connectivity index (χ3n) is 2.07. The maximum atomic E-state index is 11.6. The van der Waals surface area contributed by atoms with Gasteiger partial charge in [0.25, 0.3) is 0 Å². The average Bonchev–Trinajstić information content (AvgIpc) is 2.13. The number of carbonyl (C=O) groups is 2. The Balaban J connectivity index is 2.70. The van der Waals surface area contributed by atoms with E-state index < -0.39 is 21.8 Å². The van der Waals surface area contributed by atoms with Gasteiger partial charge in [-0.05, 0) is 6.42 Å². The molecule has 1 aliphatic rings. The molecule has 0 atom stereocenters. The molecule has 0 aromatic carbocycles. The van der Waals surface area contributed by atoms with Gasteiger partial charge in [0.2, 0.25) is 21.8 Å². The molecular weight excluding hydrogens is 220 g/mol. The molecule has 0 radical (unpaired) electrons. The van der Waals surface area contributed by atoms with E-state index in [9.17, 15) is 18.0 Å². The van der Waals surface area contributed by atoms with Crippen molar-refractivity contribution in [2.45, 2.75) is 19.8 Å². The number of nitrogens with one attached hydrogen (secondary N) is 1. The van der Waals surface area contributed by atoms with Gasteiger partial charge in [-0.1, -0.05) is 13.3 Å².